The van der Waals surface area contributed by atoms with Crippen molar-refractivity contribution in [2.24, 2.45) is 0 Å². The summed E-state index contributed by atoms with van der Waals surface area (Å²) in [5, 5.41) is 10.2. The maximum Gasteiger partial charge on any atom is 0.294 e. The number of benzene rings is 2. The van der Waals surface area contributed by atoms with Crippen molar-refractivity contribution in [3.8, 4) is 0 Å². The van der Waals surface area contributed by atoms with Gasteiger partial charge in [0.15, 0.2) is 0 Å². The number of nitrogen functional groups attached to an aromatic ring is 1. The molecule has 10 heteroatoms. The third-order valence-corrected chi connectivity index (χ3v) is 8.25. The molecular formula is C30H32N8OS. The molecule has 1 aliphatic heterocycles. The Balaban J connectivity index is 1.15. The zero-order chi connectivity index (χ0) is 27.5. The molecule has 0 bridgehead atoms. The summed E-state index contributed by atoms with van der Waals surface area (Å²) in [5.74, 6) is 0.303. The largest absolute Gasteiger partial charge is 0.382 e. The fourth-order valence-corrected chi connectivity index (χ4v) is 5.80. The van der Waals surface area contributed by atoms with Crippen LogP contribution < -0.4 is 16.4 Å². The number of amides is 1. The van der Waals surface area contributed by atoms with E-state index < -0.39 is 5.91 Å². The van der Waals surface area contributed by atoms with Gasteiger partial charge in [-0.05, 0) is 47.1 Å². The molecule has 0 spiro atoms. The predicted octanol–water partition coefficient (Wildman–Crippen LogP) is 4.82. The van der Waals surface area contributed by atoms with E-state index >= 15 is 0 Å². The molecule has 0 radical (unpaired) electrons. The van der Waals surface area contributed by atoms with E-state index in [1.54, 1.807) is 0 Å². The second kappa shape index (κ2) is 11.5. The summed E-state index contributed by atoms with van der Waals surface area (Å²) in [4.78, 5) is 31.4. The summed E-state index contributed by atoms with van der Waals surface area (Å²) in [6.45, 7) is 9.34. The van der Waals surface area contributed by atoms with Crippen LogP contribution in [-0.4, -0.2) is 63.4 Å². The molecule has 0 saturated carbocycles. The molecular weight excluding hydrogens is 520 g/mol. The zero-order valence-corrected chi connectivity index (χ0v) is 23.2. The van der Waals surface area contributed by atoms with Gasteiger partial charge < -0.3 is 21.3 Å². The van der Waals surface area contributed by atoms with E-state index in [-0.39, 0.29) is 5.82 Å². The van der Waals surface area contributed by atoms with Crippen molar-refractivity contribution in [3.63, 3.8) is 0 Å². The molecule has 0 unspecified atom stereocenters. The topological polar surface area (TPSA) is 112 Å². The summed E-state index contributed by atoms with van der Waals surface area (Å²) in [5.41, 5.74) is 9.87. The smallest absolute Gasteiger partial charge is 0.294 e. The van der Waals surface area contributed by atoms with Gasteiger partial charge in [0.05, 0.1) is 22.5 Å². The second-order valence-electron chi connectivity index (χ2n) is 9.96. The van der Waals surface area contributed by atoms with Crippen molar-refractivity contribution in [3.05, 3.63) is 83.1 Å². The molecule has 1 saturated heterocycles. The van der Waals surface area contributed by atoms with Crippen molar-refractivity contribution in [2.75, 3.05) is 49.1 Å². The first-order valence-corrected chi connectivity index (χ1v) is 14.4. The molecule has 40 heavy (non-hydrogen) atoms. The van der Waals surface area contributed by atoms with Crippen LogP contribution in [0.1, 0.15) is 28.8 Å². The summed E-state index contributed by atoms with van der Waals surface area (Å²) >= 11 is 1.45. The van der Waals surface area contributed by atoms with Gasteiger partial charge in [-0.2, -0.15) is 0 Å². The SMILES string of the molecule is CCN1CCN(Cc2ccc(NCc3nc(NC(=O)c4nc(N)c5sccc5n4)cc4ccccc34)cc2)CC1. The van der Waals surface area contributed by atoms with Crippen LogP contribution in [0.25, 0.3) is 21.0 Å². The Kier molecular flexibility index (Phi) is 7.54. The normalized spacial score (nSPS) is 14.5. The number of nitrogens with two attached hydrogens (primary N) is 1. The molecule has 1 aliphatic rings. The van der Waals surface area contributed by atoms with Crippen molar-refractivity contribution in [1.29, 1.82) is 0 Å². The average molecular weight is 553 g/mol. The van der Waals surface area contributed by atoms with Crippen LogP contribution in [0.2, 0.25) is 0 Å². The second-order valence-corrected chi connectivity index (χ2v) is 10.9. The van der Waals surface area contributed by atoms with Crippen LogP contribution in [0.4, 0.5) is 17.3 Å². The molecule has 1 amide bonds. The van der Waals surface area contributed by atoms with Crippen LogP contribution in [-0.2, 0) is 13.1 Å². The van der Waals surface area contributed by atoms with Crippen molar-refractivity contribution >= 4 is 55.6 Å². The molecule has 204 valence electrons. The number of thiophene rings is 1. The van der Waals surface area contributed by atoms with E-state index in [1.807, 2.05) is 41.8 Å². The molecule has 1 fully saturated rings. The minimum atomic E-state index is -0.451. The minimum Gasteiger partial charge on any atom is -0.382 e. The van der Waals surface area contributed by atoms with Crippen LogP contribution in [0, 0.1) is 0 Å². The molecule has 0 atom stereocenters. The third kappa shape index (κ3) is 5.74. The van der Waals surface area contributed by atoms with Gasteiger partial charge in [0, 0.05) is 43.8 Å². The molecule has 6 rings (SSSR count). The molecule has 2 aromatic carbocycles. The zero-order valence-electron chi connectivity index (χ0n) is 22.4. The van der Waals surface area contributed by atoms with E-state index in [4.69, 9.17) is 10.7 Å². The van der Waals surface area contributed by atoms with Gasteiger partial charge in [-0.15, -0.1) is 11.3 Å². The van der Waals surface area contributed by atoms with E-state index in [0.29, 0.717) is 23.7 Å². The molecule has 0 aliphatic carbocycles. The van der Waals surface area contributed by atoms with Gasteiger partial charge in [-0.1, -0.05) is 43.3 Å². The van der Waals surface area contributed by atoms with Crippen molar-refractivity contribution in [1.82, 2.24) is 24.8 Å². The molecule has 9 nitrogen and oxygen atoms in total. The van der Waals surface area contributed by atoms with Gasteiger partial charge in [0.25, 0.3) is 5.91 Å². The number of carbonyl (C=O) groups is 1. The fraction of sp³-hybridized carbons (Fsp3) is 0.267. The Morgan fingerprint density at radius 3 is 2.55 bits per heavy atom. The quantitative estimate of drug-likeness (QED) is 0.251. The first-order chi connectivity index (χ1) is 19.6. The van der Waals surface area contributed by atoms with E-state index in [1.165, 1.54) is 16.9 Å². The molecule has 3 aromatic heterocycles. The average Bonchev–Trinajstić information content (AvgIpc) is 3.47. The number of pyridine rings is 1. The Morgan fingerprint density at radius 1 is 0.975 bits per heavy atom. The van der Waals surface area contributed by atoms with Gasteiger partial charge >= 0.3 is 0 Å². The van der Waals surface area contributed by atoms with Gasteiger partial charge in [-0.3, -0.25) is 9.69 Å². The number of hydrogen-bond donors (Lipinski definition) is 3. The van der Waals surface area contributed by atoms with Crippen molar-refractivity contribution in [2.45, 2.75) is 20.0 Å². The molecule has 5 aromatic rings. The Morgan fingerprint density at radius 2 is 1.75 bits per heavy atom. The van der Waals surface area contributed by atoms with Crippen LogP contribution in [0.5, 0.6) is 0 Å². The van der Waals surface area contributed by atoms with E-state index in [0.717, 1.165) is 66.1 Å². The van der Waals surface area contributed by atoms with E-state index in [9.17, 15) is 4.79 Å². The number of fused-ring (bicyclic) bond motifs is 2. The van der Waals surface area contributed by atoms with Crippen LogP contribution in [0.3, 0.4) is 0 Å². The van der Waals surface area contributed by atoms with Gasteiger partial charge in [0.2, 0.25) is 5.82 Å². The first kappa shape index (κ1) is 26.1. The number of aromatic nitrogens is 3. The lowest BCUT2D eigenvalue weighted by Crippen LogP contribution is -2.45. The maximum atomic E-state index is 13.0. The lowest BCUT2D eigenvalue weighted by atomic mass is 10.1. The van der Waals surface area contributed by atoms with E-state index in [2.05, 4.69) is 61.6 Å². The summed E-state index contributed by atoms with van der Waals surface area (Å²) < 4.78 is 0.775. The number of nitrogens with one attached hydrogen (secondary N) is 2. The molecule has 4 heterocycles. The number of hydrogen-bond acceptors (Lipinski definition) is 9. The monoisotopic (exact) mass is 552 g/mol. The summed E-state index contributed by atoms with van der Waals surface area (Å²) in [7, 11) is 0. The Bertz CT molecular complexity index is 1640. The Labute approximate surface area is 237 Å². The van der Waals surface area contributed by atoms with Gasteiger partial charge in [-0.25, -0.2) is 15.0 Å². The highest BCUT2D eigenvalue weighted by atomic mass is 32.1. The number of nitrogens with zero attached hydrogens (tertiary/aromatic N) is 5. The highest BCUT2D eigenvalue weighted by Crippen LogP contribution is 2.25. The highest BCUT2D eigenvalue weighted by Gasteiger charge is 2.17. The highest BCUT2D eigenvalue weighted by molar-refractivity contribution is 7.17. The van der Waals surface area contributed by atoms with Crippen LogP contribution >= 0.6 is 11.3 Å². The number of carbonyl (C=O) groups excluding carboxylic acids is 1. The maximum absolute atomic E-state index is 13.0. The number of piperazine rings is 1. The number of rotatable bonds is 8. The van der Waals surface area contributed by atoms with Crippen molar-refractivity contribution < 1.29 is 4.79 Å². The lowest BCUT2D eigenvalue weighted by molar-refractivity contribution is 0.101. The van der Waals surface area contributed by atoms with Gasteiger partial charge in [0.1, 0.15) is 11.6 Å². The minimum absolute atomic E-state index is 0.0189. The fourth-order valence-electron chi connectivity index (χ4n) is 5.07. The Hall–Kier alpha value is -4.12. The molecule has 4 N–H and O–H groups in total. The lowest BCUT2D eigenvalue weighted by Gasteiger charge is -2.34. The first-order valence-electron chi connectivity index (χ1n) is 13.5. The summed E-state index contributed by atoms with van der Waals surface area (Å²) in [6.07, 6.45) is 0. The standard InChI is InChI=1S/C30H32N8OS/c1-2-37-12-14-38(15-13-37)19-20-7-9-22(10-8-20)32-18-25-23-6-4-3-5-21(23)17-26(33-25)35-30(39)29-34-24-11-16-40-27(24)28(31)36-29/h3-11,16-17,32H,2,12-15,18-19H2,1H3,(H2,31,34,36)(H,33,35,39). The number of anilines is 3. The predicted molar refractivity (Wildman–Crippen MR) is 163 cm³/mol. The summed E-state index contributed by atoms with van der Waals surface area (Å²) in [6, 6.07) is 20.3. The van der Waals surface area contributed by atoms with Crippen LogP contribution in [0.15, 0.2) is 66.0 Å². The third-order valence-electron chi connectivity index (χ3n) is 7.33. The number of likely N-dealkylation sites (N-methyl/N-ethyl adjacent to an activating group) is 1.